The molecule has 0 saturated carbocycles. The van der Waals surface area contributed by atoms with E-state index in [9.17, 15) is 19.2 Å². The zero-order chi connectivity index (χ0) is 16.3. The number of carbonyl (C=O) groups excluding carboxylic acids is 4. The fourth-order valence-corrected chi connectivity index (χ4v) is 0.773. The monoisotopic (exact) mass is 286 g/mol. The number of amides is 2. The van der Waals surface area contributed by atoms with Gasteiger partial charge in [0.25, 0.3) is 0 Å². The Labute approximate surface area is 116 Å². The van der Waals surface area contributed by atoms with Crippen molar-refractivity contribution in [3.05, 3.63) is 24.6 Å². The molecule has 0 atom stereocenters. The van der Waals surface area contributed by atoms with Crippen molar-refractivity contribution in [2.24, 2.45) is 0 Å². The van der Waals surface area contributed by atoms with Gasteiger partial charge in [-0.05, 0) is 0 Å². The van der Waals surface area contributed by atoms with Crippen molar-refractivity contribution in [2.45, 2.75) is 13.8 Å². The lowest BCUT2D eigenvalue weighted by molar-refractivity contribution is -0.138. The van der Waals surface area contributed by atoms with Gasteiger partial charge in [0.05, 0.1) is 14.2 Å². The number of rotatable bonds is 4. The van der Waals surface area contributed by atoms with Crippen LogP contribution >= 0.6 is 0 Å². The van der Waals surface area contributed by atoms with Crippen LogP contribution < -0.4 is 10.6 Å². The lowest BCUT2D eigenvalue weighted by Gasteiger charge is -2.01. The molecule has 0 aliphatic rings. The van der Waals surface area contributed by atoms with Crippen LogP contribution in [0.4, 0.5) is 0 Å². The van der Waals surface area contributed by atoms with Crippen LogP contribution in [0.2, 0.25) is 0 Å². The number of ether oxygens (including phenoxy) is 2. The number of nitrogens with one attached hydrogen (secondary N) is 2. The molecule has 0 unspecified atom stereocenters. The average molecular weight is 286 g/mol. The van der Waals surface area contributed by atoms with E-state index in [1.54, 1.807) is 0 Å². The van der Waals surface area contributed by atoms with Gasteiger partial charge in [-0.3, -0.25) is 9.59 Å². The van der Waals surface area contributed by atoms with Gasteiger partial charge in [-0.15, -0.1) is 0 Å². The van der Waals surface area contributed by atoms with Crippen LogP contribution in [-0.2, 0) is 28.7 Å². The van der Waals surface area contributed by atoms with E-state index in [0.717, 1.165) is 0 Å². The van der Waals surface area contributed by atoms with E-state index in [1.165, 1.54) is 28.1 Å². The SMILES string of the molecule is C=C(NC(C)=O)C(=O)OC.C=C(NC(C)=O)C(=O)OC. The summed E-state index contributed by atoms with van der Waals surface area (Å²) in [6.45, 7) is 9.09. The molecule has 0 fully saturated rings. The largest absolute Gasteiger partial charge is 0.464 e. The van der Waals surface area contributed by atoms with Crippen LogP contribution in [0.1, 0.15) is 13.8 Å². The predicted octanol–water partition coefficient (Wildman–Crippen LogP) is -0.382. The van der Waals surface area contributed by atoms with E-state index in [1.807, 2.05) is 0 Å². The third-order valence-electron chi connectivity index (χ3n) is 1.52. The van der Waals surface area contributed by atoms with Crippen molar-refractivity contribution >= 4 is 23.8 Å². The highest BCUT2D eigenvalue weighted by Gasteiger charge is 2.06. The third-order valence-corrected chi connectivity index (χ3v) is 1.52. The van der Waals surface area contributed by atoms with Gasteiger partial charge in [-0.2, -0.15) is 0 Å². The lowest BCUT2D eigenvalue weighted by Crippen LogP contribution is -2.24. The molecule has 0 aromatic rings. The number of carbonyl (C=O) groups is 4. The van der Waals surface area contributed by atoms with Crippen LogP contribution in [0.15, 0.2) is 24.6 Å². The average Bonchev–Trinajstić information content (AvgIpc) is 2.35. The van der Waals surface area contributed by atoms with Crippen LogP contribution in [0.25, 0.3) is 0 Å². The normalized spacial score (nSPS) is 8.20. The summed E-state index contributed by atoms with van der Waals surface area (Å²) >= 11 is 0. The summed E-state index contributed by atoms with van der Waals surface area (Å²) in [7, 11) is 2.44. The zero-order valence-corrected chi connectivity index (χ0v) is 11.9. The number of hydrogen-bond acceptors (Lipinski definition) is 6. The Morgan fingerprint density at radius 3 is 1.15 bits per heavy atom. The van der Waals surface area contributed by atoms with Crippen molar-refractivity contribution in [1.82, 2.24) is 10.6 Å². The first-order chi connectivity index (χ1) is 9.15. The number of esters is 2. The molecule has 112 valence electrons. The Morgan fingerprint density at radius 1 is 0.750 bits per heavy atom. The Morgan fingerprint density at radius 2 is 1.00 bits per heavy atom. The van der Waals surface area contributed by atoms with Crippen molar-refractivity contribution in [2.75, 3.05) is 14.2 Å². The van der Waals surface area contributed by atoms with E-state index in [0.29, 0.717) is 0 Å². The van der Waals surface area contributed by atoms with Gasteiger partial charge in [0.15, 0.2) is 0 Å². The molecule has 8 nitrogen and oxygen atoms in total. The topological polar surface area (TPSA) is 111 Å². The highest BCUT2D eigenvalue weighted by atomic mass is 16.5. The minimum Gasteiger partial charge on any atom is -0.464 e. The third kappa shape index (κ3) is 10.5. The summed E-state index contributed by atoms with van der Waals surface area (Å²) in [6, 6.07) is 0. The number of hydrogen-bond donors (Lipinski definition) is 2. The van der Waals surface area contributed by atoms with Gasteiger partial charge in [-0.1, -0.05) is 13.2 Å². The fraction of sp³-hybridized carbons (Fsp3) is 0.333. The molecule has 0 aliphatic heterocycles. The Hall–Kier alpha value is -2.64. The van der Waals surface area contributed by atoms with Gasteiger partial charge >= 0.3 is 11.9 Å². The molecule has 0 aromatic carbocycles. The minimum atomic E-state index is -0.629. The van der Waals surface area contributed by atoms with Gasteiger partial charge in [0.1, 0.15) is 11.4 Å². The summed E-state index contributed by atoms with van der Waals surface area (Å²) in [6.07, 6.45) is 0. The second kappa shape index (κ2) is 10.3. The highest BCUT2D eigenvalue weighted by Crippen LogP contribution is 1.87. The molecule has 0 radical (unpaired) electrons. The molecule has 8 heteroatoms. The van der Waals surface area contributed by atoms with E-state index >= 15 is 0 Å². The molecule has 0 saturated heterocycles. The van der Waals surface area contributed by atoms with Gasteiger partial charge < -0.3 is 20.1 Å². The first kappa shape index (κ1) is 19.7. The van der Waals surface area contributed by atoms with Crippen molar-refractivity contribution in [3.63, 3.8) is 0 Å². The lowest BCUT2D eigenvalue weighted by atomic mass is 10.5. The molecule has 0 aliphatic carbocycles. The van der Waals surface area contributed by atoms with E-state index in [2.05, 4.69) is 33.3 Å². The van der Waals surface area contributed by atoms with Crippen molar-refractivity contribution in [3.8, 4) is 0 Å². The van der Waals surface area contributed by atoms with Crippen LogP contribution in [0, 0.1) is 0 Å². The molecule has 0 aromatic heterocycles. The number of methoxy groups -OCH3 is 2. The van der Waals surface area contributed by atoms with Gasteiger partial charge in [0.2, 0.25) is 11.8 Å². The predicted molar refractivity (Wildman–Crippen MR) is 69.9 cm³/mol. The first-order valence-corrected chi connectivity index (χ1v) is 5.25. The van der Waals surface area contributed by atoms with E-state index in [-0.39, 0.29) is 23.2 Å². The maximum Gasteiger partial charge on any atom is 0.353 e. The molecule has 0 bridgehead atoms. The van der Waals surface area contributed by atoms with Crippen LogP contribution in [0.5, 0.6) is 0 Å². The van der Waals surface area contributed by atoms with Crippen molar-refractivity contribution < 1.29 is 28.7 Å². The smallest absolute Gasteiger partial charge is 0.353 e. The molecule has 2 amide bonds. The Balaban J connectivity index is 0. The van der Waals surface area contributed by atoms with E-state index in [4.69, 9.17) is 0 Å². The summed E-state index contributed by atoms with van der Waals surface area (Å²) in [5.41, 5.74) is -0.0926. The maximum absolute atomic E-state index is 10.5. The molecular formula is C12H18N2O6. The standard InChI is InChI=1S/2C6H9NO3/c2*1-4(6(9)10-3)7-5(2)8/h2*1H2,2-3H3,(H,7,8). The maximum atomic E-state index is 10.5. The van der Waals surface area contributed by atoms with E-state index < -0.39 is 11.9 Å². The van der Waals surface area contributed by atoms with Crippen molar-refractivity contribution in [1.29, 1.82) is 0 Å². The van der Waals surface area contributed by atoms with Crippen LogP contribution in [-0.4, -0.2) is 38.0 Å². The summed E-state index contributed by atoms with van der Waals surface area (Å²) in [4.78, 5) is 41.6. The van der Waals surface area contributed by atoms with Gasteiger partial charge in [-0.25, -0.2) is 9.59 Å². The molecule has 0 spiro atoms. The first-order valence-electron chi connectivity index (χ1n) is 5.25. The summed E-state index contributed by atoms with van der Waals surface area (Å²) in [5, 5.41) is 4.37. The van der Waals surface area contributed by atoms with Gasteiger partial charge in [0, 0.05) is 13.8 Å². The molecule has 0 heterocycles. The molecular weight excluding hydrogens is 268 g/mol. The van der Waals surface area contributed by atoms with Crippen LogP contribution in [0.3, 0.4) is 0 Å². The highest BCUT2D eigenvalue weighted by molar-refractivity contribution is 5.93. The zero-order valence-electron chi connectivity index (χ0n) is 11.9. The fourth-order valence-electron chi connectivity index (χ4n) is 0.773. The Kier molecular flexibility index (Phi) is 10.1. The molecule has 2 N–H and O–H groups in total. The summed E-state index contributed by atoms with van der Waals surface area (Å²) in [5.74, 6) is -1.93. The minimum absolute atomic E-state index is 0.0463. The quantitative estimate of drug-likeness (QED) is 0.538. The second-order valence-corrected chi connectivity index (χ2v) is 3.30. The second-order valence-electron chi connectivity index (χ2n) is 3.30. The molecule has 0 rings (SSSR count). The Bertz CT molecular complexity index is 388. The molecule has 20 heavy (non-hydrogen) atoms. The summed E-state index contributed by atoms with van der Waals surface area (Å²) < 4.78 is 8.52.